The number of hydrogen-bond donors (Lipinski definition) is 0. The normalized spacial score (nSPS) is 17.4. The fourth-order valence-electron chi connectivity index (χ4n) is 4.55. The molecule has 1 aliphatic carbocycles. The summed E-state index contributed by atoms with van der Waals surface area (Å²) in [6, 6.07) is 13.8. The average molecular weight is 422 g/mol. The van der Waals surface area contributed by atoms with Crippen LogP contribution in [0.15, 0.2) is 42.5 Å². The van der Waals surface area contributed by atoms with Crippen molar-refractivity contribution in [1.82, 2.24) is 4.90 Å². The van der Waals surface area contributed by atoms with Crippen LogP contribution in [-0.4, -0.2) is 43.0 Å². The van der Waals surface area contributed by atoms with E-state index in [-0.39, 0.29) is 30.6 Å². The Labute approximate surface area is 184 Å². The van der Waals surface area contributed by atoms with E-state index in [9.17, 15) is 9.59 Å². The Hall–Kier alpha value is -2.66. The van der Waals surface area contributed by atoms with Crippen LogP contribution in [0.5, 0.6) is 5.75 Å². The molecule has 1 fully saturated rings. The van der Waals surface area contributed by atoms with Crippen LogP contribution in [0.1, 0.15) is 59.2 Å². The third-order valence-electron chi connectivity index (χ3n) is 6.29. The predicted molar refractivity (Wildman–Crippen MR) is 119 cm³/mol. The lowest BCUT2D eigenvalue weighted by atomic mass is 10.0. The molecule has 1 amide bonds. The van der Waals surface area contributed by atoms with Gasteiger partial charge in [0.05, 0.1) is 13.2 Å². The second-order valence-electron chi connectivity index (χ2n) is 8.52. The van der Waals surface area contributed by atoms with E-state index in [0.717, 1.165) is 55.6 Å². The Morgan fingerprint density at radius 3 is 2.74 bits per heavy atom. The number of aryl methyl sites for hydroxylation is 2. The van der Waals surface area contributed by atoms with Gasteiger partial charge in [-0.05, 0) is 67.0 Å². The van der Waals surface area contributed by atoms with Crippen LogP contribution < -0.4 is 4.74 Å². The minimum Gasteiger partial charge on any atom is -0.497 e. The molecule has 0 radical (unpaired) electrons. The van der Waals surface area contributed by atoms with Crippen LogP contribution in [0.25, 0.3) is 0 Å². The Bertz CT molecular complexity index is 933. The number of ether oxygens (including phenoxy) is 2. The number of methoxy groups -OCH3 is 1. The Balaban J connectivity index is 1.40. The van der Waals surface area contributed by atoms with Crippen molar-refractivity contribution in [2.45, 2.75) is 57.6 Å². The Morgan fingerprint density at radius 1 is 1.06 bits per heavy atom. The summed E-state index contributed by atoms with van der Waals surface area (Å²) in [5.74, 6) is 0.808. The highest BCUT2D eigenvalue weighted by atomic mass is 16.5. The molecule has 0 N–H and O–H groups in total. The van der Waals surface area contributed by atoms with Gasteiger partial charge in [-0.2, -0.15) is 0 Å². The van der Waals surface area contributed by atoms with E-state index in [0.29, 0.717) is 13.1 Å². The predicted octanol–water partition coefficient (Wildman–Crippen LogP) is 4.35. The molecule has 31 heavy (non-hydrogen) atoms. The lowest BCUT2D eigenvalue weighted by molar-refractivity contribution is -0.133. The van der Waals surface area contributed by atoms with Gasteiger partial charge in [0.1, 0.15) is 5.75 Å². The van der Waals surface area contributed by atoms with Gasteiger partial charge in [-0.3, -0.25) is 9.59 Å². The topological polar surface area (TPSA) is 55.8 Å². The Morgan fingerprint density at radius 2 is 1.94 bits per heavy atom. The van der Waals surface area contributed by atoms with E-state index in [4.69, 9.17) is 9.47 Å². The molecule has 1 unspecified atom stereocenters. The van der Waals surface area contributed by atoms with Crippen molar-refractivity contribution in [2.75, 3.05) is 20.3 Å². The van der Waals surface area contributed by atoms with Gasteiger partial charge in [0.2, 0.25) is 5.91 Å². The van der Waals surface area contributed by atoms with E-state index in [1.54, 1.807) is 7.11 Å². The minimum absolute atomic E-state index is 0.00664. The zero-order valence-corrected chi connectivity index (χ0v) is 18.3. The fraction of sp³-hybridized carbons (Fsp3) is 0.462. The number of hydrogen-bond acceptors (Lipinski definition) is 4. The summed E-state index contributed by atoms with van der Waals surface area (Å²) in [4.78, 5) is 27.7. The summed E-state index contributed by atoms with van der Waals surface area (Å²) in [6.07, 6.45) is 5.83. The van der Waals surface area contributed by atoms with Gasteiger partial charge in [0.25, 0.3) is 0 Å². The van der Waals surface area contributed by atoms with E-state index >= 15 is 0 Å². The van der Waals surface area contributed by atoms with Gasteiger partial charge >= 0.3 is 0 Å². The van der Waals surface area contributed by atoms with E-state index < -0.39 is 0 Å². The second kappa shape index (κ2) is 10.1. The number of rotatable bonds is 9. The molecular formula is C26H31NO4. The number of nitrogens with zero attached hydrogens (tertiary/aromatic N) is 1. The number of benzene rings is 2. The van der Waals surface area contributed by atoms with Crippen molar-refractivity contribution in [1.29, 1.82) is 0 Å². The first-order valence-electron chi connectivity index (χ1n) is 11.3. The molecule has 4 rings (SSSR count). The molecule has 1 atom stereocenters. The first-order chi connectivity index (χ1) is 15.1. The van der Waals surface area contributed by atoms with Crippen molar-refractivity contribution >= 4 is 11.7 Å². The highest BCUT2D eigenvalue weighted by Gasteiger charge is 2.24. The summed E-state index contributed by atoms with van der Waals surface area (Å²) in [6.45, 7) is 1.80. The van der Waals surface area contributed by atoms with Crippen LogP contribution in [0.3, 0.4) is 0 Å². The van der Waals surface area contributed by atoms with Crippen molar-refractivity contribution in [3.8, 4) is 5.75 Å². The maximum absolute atomic E-state index is 13.1. The third kappa shape index (κ3) is 5.53. The van der Waals surface area contributed by atoms with Crippen LogP contribution in [0.4, 0.5) is 0 Å². The zero-order valence-electron chi connectivity index (χ0n) is 18.3. The molecule has 0 spiro atoms. The highest BCUT2D eigenvalue weighted by molar-refractivity contribution is 5.98. The summed E-state index contributed by atoms with van der Waals surface area (Å²) in [5.41, 5.74) is 4.38. The molecule has 1 aliphatic heterocycles. The maximum atomic E-state index is 13.1. The van der Waals surface area contributed by atoms with Crippen molar-refractivity contribution in [3.05, 3.63) is 64.7 Å². The molecule has 1 saturated heterocycles. The number of carbonyl (C=O) groups excluding carboxylic acids is 2. The molecule has 2 aromatic carbocycles. The van der Waals surface area contributed by atoms with Crippen LogP contribution >= 0.6 is 0 Å². The standard InChI is InChI=1S/C26H31NO4/c1-30-23-8-2-5-19(15-23)17-27(18-24-9-4-14-31-24)26(29)13-12-25(28)22-11-10-20-6-3-7-21(20)16-22/h2,5,8,10-11,15-16,24H,3-4,6-7,9,12-14,17-18H2,1H3. The molecule has 0 bridgehead atoms. The molecule has 0 saturated carbocycles. The van der Waals surface area contributed by atoms with E-state index in [1.165, 1.54) is 11.1 Å². The smallest absolute Gasteiger partial charge is 0.223 e. The number of ketones is 1. The van der Waals surface area contributed by atoms with Gasteiger partial charge in [-0.1, -0.05) is 24.3 Å². The SMILES string of the molecule is COc1cccc(CN(CC2CCCO2)C(=O)CCC(=O)c2ccc3c(c2)CCC3)c1. The van der Waals surface area contributed by atoms with Gasteiger partial charge in [-0.15, -0.1) is 0 Å². The quantitative estimate of drug-likeness (QED) is 0.565. The fourth-order valence-corrected chi connectivity index (χ4v) is 4.55. The van der Waals surface area contributed by atoms with Crippen LogP contribution in [0.2, 0.25) is 0 Å². The first kappa shape index (κ1) is 21.6. The van der Waals surface area contributed by atoms with Crippen molar-refractivity contribution in [2.24, 2.45) is 0 Å². The van der Waals surface area contributed by atoms with Gasteiger partial charge in [0.15, 0.2) is 5.78 Å². The molecule has 5 heteroatoms. The van der Waals surface area contributed by atoms with Gasteiger partial charge in [-0.25, -0.2) is 0 Å². The molecule has 164 valence electrons. The monoisotopic (exact) mass is 421 g/mol. The zero-order chi connectivity index (χ0) is 21.6. The summed E-state index contributed by atoms with van der Waals surface area (Å²) < 4.78 is 11.1. The molecule has 1 heterocycles. The summed E-state index contributed by atoms with van der Waals surface area (Å²) in [5, 5.41) is 0. The molecule has 5 nitrogen and oxygen atoms in total. The molecule has 2 aliphatic rings. The summed E-state index contributed by atoms with van der Waals surface area (Å²) in [7, 11) is 1.64. The van der Waals surface area contributed by atoms with Crippen molar-refractivity contribution in [3.63, 3.8) is 0 Å². The van der Waals surface area contributed by atoms with Crippen LogP contribution in [-0.2, 0) is 28.9 Å². The average Bonchev–Trinajstić information content (AvgIpc) is 3.48. The number of Topliss-reactive ketones (excluding diaryl/α,β-unsaturated/α-hetero) is 1. The minimum atomic E-state index is -0.00664. The maximum Gasteiger partial charge on any atom is 0.223 e. The number of carbonyl (C=O) groups is 2. The number of amides is 1. The molecular weight excluding hydrogens is 390 g/mol. The lowest BCUT2D eigenvalue weighted by Gasteiger charge is -2.26. The second-order valence-corrected chi connectivity index (χ2v) is 8.52. The largest absolute Gasteiger partial charge is 0.497 e. The first-order valence-corrected chi connectivity index (χ1v) is 11.3. The number of fused-ring (bicyclic) bond motifs is 1. The van der Waals surface area contributed by atoms with Gasteiger partial charge < -0.3 is 14.4 Å². The van der Waals surface area contributed by atoms with Crippen LogP contribution in [0, 0.1) is 0 Å². The molecule has 0 aromatic heterocycles. The van der Waals surface area contributed by atoms with E-state index in [2.05, 4.69) is 6.07 Å². The Kier molecular flexibility index (Phi) is 7.03. The lowest BCUT2D eigenvalue weighted by Crippen LogP contribution is -2.37. The van der Waals surface area contributed by atoms with Gasteiger partial charge in [0, 0.05) is 38.1 Å². The highest BCUT2D eigenvalue weighted by Crippen LogP contribution is 2.24. The summed E-state index contributed by atoms with van der Waals surface area (Å²) >= 11 is 0. The van der Waals surface area contributed by atoms with E-state index in [1.807, 2.05) is 41.3 Å². The van der Waals surface area contributed by atoms with Crippen molar-refractivity contribution < 1.29 is 19.1 Å². The third-order valence-corrected chi connectivity index (χ3v) is 6.29. The molecule has 2 aromatic rings.